The molecule has 4 rings (SSSR count). The molecule has 0 unspecified atom stereocenters. The molecule has 5 nitrogen and oxygen atoms in total. The molecule has 4 aromatic rings. The topological polar surface area (TPSA) is 70.9 Å². The Morgan fingerprint density at radius 2 is 1.75 bits per heavy atom. The van der Waals surface area contributed by atoms with Crippen LogP contribution in [0.5, 0.6) is 5.75 Å². The molecule has 0 bridgehead atoms. The van der Waals surface area contributed by atoms with Gasteiger partial charge in [0.2, 0.25) is 0 Å². The summed E-state index contributed by atoms with van der Waals surface area (Å²) in [5, 5.41) is 13.9. The van der Waals surface area contributed by atoms with E-state index in [-0.39, 0.29) is 5.75 Å². The quantitative estimate of drug-likeness (QED) is 0.594. The summed E-state index contributed by atoms with van der Waals surface area (Å²) in [4.78, 5) is 13.3. The molecule has 2 aromatic carbocycles. The van der Waals surface area contributed by atoms with Crippen LogP contribution >= 0.6 is 0 Å². The fraction of sp³-hybridized carbons (Fsp3) is 0. The first-order valence-corrected chi connectivity index (χ1v) is 7.53. The zero-order valence-electron chi connectivity index (χ0n) is 12.7. The van der Waals surface area contributed by atoms with E-state index in [0.29, 0.717) is 11.6 Å². The lowest BCUT2D eigenvalue weighted by Crippen LogP contribution is -1.99. The van der Waals surface area contributed by atoms with Crippen molar-refractivity contribution in [3.63, 3.8) is 0 Å². The maximum atomic E-state index is 9.81. The summed E-state index contributed by atoms with van der Waals surface area (Å²) >= 11 is 0. The summed E-state index contributed by atoms with van der Waals surface area (Å²) in [5.41, 5.74) is 2.50. The predicted octanol–water partition coefficient (Wildman–Crippen LogP) is 4.14. The van der Waals surface area contributed by atoms with Crippen molar-refractivity contribution >= 4 is 22.4 Å². The number of fused-ring (bicyclic) bond motifs is 1. The van der Waals surface area contributed by atoms with Crippen molar-refractivity contribution in [2.75, 3.05) is 5.32 Å². The Balaban J connectivity index is 1.90. The van der Waals surface area contributed by atoms with Crippen LogP contribution in [0, 0.1) is 0 Å². The third-order valence-corrected chi connectivity index (χ3v) is 3.64. The van der Waals surface area contributed by atoms with Gasteiger partial charge in [0.05, 0.1) is 5.52 Å². The molecule has 5 heteroatoms. The molecule has 0 spiro atoms. The van der Waals surface area contributed by atoms with Gasteiger partial charge in [-0.25, -0.2) is 9.97 Å². The molecule has 2 N–H and O–H groups in total. The second kappa shape index (κ2) is 5.96. The largest absolute Gasteiger partial charge is 0.508 e. The van der Waals surface area contributed by atoms with Gasteiger partial charge in [0, 0.05) is 29.0 Å². The summed E-state index contributed by atoms with van der Waals surface area (Å²) in [7, 11) is 0. The van der Waals surface area contributed by atoms with E-state index in [9.17, 15) is 5.11 Å². The lowest BCUT2D eigenvalue weighted by Gasteiger charge is -2.11. The molecule has 0 radical (unpaired) electrons. The van der Waals surface area contributed by atoms with E-state index in [1.807, 2.05) is 42.5 Å². The van der Waals surface area contributed by atoms with E-state index in [1.54, 1.807) is 30.6 Å². The molecule has 0 fully saturated rings. The molecule has 0 amide bonds. The number of nitrogens with zero attached hydrogens (tertiary/aromatic N) is 3. The maximum Gasteiger partial charge on any atom is 0.163 e. The number of aromatic nitrogens is 3. The minimum Gasteiger partial charge on any atom is -0.508 e. The number of anilines is 2. The van der Waals surface area contributed by atoms with Crippen molar-refractivity contribution < 1.29 is 5.11 Å². The smallest absolute Gasteiger partial charge is 0.163 e. The Morgan fingerprint density at radius 3 is 2.54 bits per heavy atom. The third kappa shape index (κ3) is 2.75. The van der Waals surface area contributed by atoms with Gasteiger partial charge in [-0.1, -0.05) is 18.2 Å². The average Bonchev–Trinajstić information content (AvgIpc) is 2.63. The summed E-state index contributed by atoms with van der Waals surface area (Å²) in [5.74, 6) is 1.40. The van der Waals surface area contributed by atoms with Crippen molar-refractivity contribution in [2.24, 2.45) is 0 Å². The number of rotatable bonds is 3. The maximum absolute atomic E-state index is 9.81. The number of phenols is 1. The number of nitrogens with one attached hydrogen (secondary N) is 1. The average molecular weight is 314 g/mol. The monoisotopic (exact) mass is 314 g/mol. The molecule has 2 heterocycles. The zero-order chi connectivity index (χ0) is 16.4. The van der Waals surface area contributed by atoms with Crippen molar-refractivity contribution in [3.8, 4) is 17.1 Å². The van der Waals surface area contributed by atoms with E-state index < -0.39 is 0 Å². The third-order valence-electron chi connectivity index (χ3n) is 3.64. The highest BCUT2D eigenvalue weighted by Crippen LogP contribution is 2.29. The second-order valence-corrected chi connectivity index (χ2v) is 5.33. The summed E-state index contributed by atoms with van der Waals surface area (Å²) in [6, 6.07) is 18.6. The van der Waals surface area contributed by atoms with Crippen LogP contribution in [-0.2, 0) is 0 Å². The fourth-order valence-electron chi connectivity index (χ4n) is 2.49. The van der Waals surface area contributed by atoms with Crippen LogP contribution in [0.3, 0.4) is 0 Å². The predicted molar refractivity (Wildman–Crippen MR) is 94.2 cm³/mol. The molecule has 24 heavy (non-hydrogen) atoms. The Labute approximate surface area is 138 Å². The van der Waals surface area contributed by atoms with Crippen LogP contribution in [0.2, 0.25) is 0 Å². The Kier molecular flexibility index (Phi) is 3.51. The molecule has 0 aliphatic heterocycles. The molecular weight excluding hydrogens is 300 g/mol. The zero-order valence-corrected chi connectivity index (χ0v) is 12.7. The van der Waals surface area contributed by atoms with Crippen LogP contribution in [0.25, 0.3) is 22.3 Å². The highest BCUT2D eigenvalue weighted by molar-refractivity contribution is 5.93. The van der Waals surface area contributed by atoms with E-state index in [0.717, 1.165) is 22.2 Å². The first kappa shape index (κ1) is 14.1. The minimum atomic E-state index is 0.177. The lowest BCUT2D eigenvalue weighted by atomic mass is 10.2. The molecule has 2 aromatic heterocycles. The van der Waals surface area contributed by atoms with E-state index in [1.165, 1.54) is 0 Å². The summed E-state index contributed by atoms with van der Waals surface area (Å²) < 4.78 is 0. The molecule has 0 saturated heterocycles. The Morgan fingerprint density at radius 1 is 0.875 bits per heavy atom. The molecule has 0 atom stereocenters. The molecule has 116 valence electrons. The Bertz CT molecular complexity index is 988. The van der Waals surface area contributed by atoms with Gasteiger partial charge in [0.15, 0.2) is 5.82 Å². The lowest BCUT2D eigenvalue weighted by molar-refractivity contribution is 0.476. The normalized spacial score (nSPS) is 10.7. The molecular formula is C19H14N4O. The van der Waals surface area contributed by atoms with Crippen molar-refractivity contribution in [2.45, 2.75) is 0 Å². The van der Waals surface area contributed by atoms with Gasteiger partial charge in [0.1, 0.15) is 11.6 Å². The summed E-state index contributed by atoms with van der Waals surface area (Å²) in [6.07, 6.45) is 3.44. The number of para-hydroxylation sites is 1. The van der Waals surface area contributed by atoms with Gasteiger partial charge in [-0.3, -0.25) is 4.98 Å². The standard InChI is InChI=1S/C19H14N4O/c24-15-8-9-17-16(11-15)19(21-14-6-2-1-3-7-14)23-18(22-17)13-5-4-10-20-12-13/h1-12,24H,(H,21,22,23). The number of phenolic OH excluding ortho intramolecular Hbond substituents is 1. The van der Waals surface area contributed by atoms with Crippen LogP contribution in [0.1, 0.15) is 0 Å². The fourth-order valence-corrected chi connectivity index (χ4v) is 2.49. The molecule has 0 aliphatic rings. The SMILES string of the molecule is Oc1ccc2nc(-c3cccnc3)nc(Nc3ccccc3)c2c1. The van der Waals surface area contributed by atoms with E-state index in [2.05, 4.69) is 20.3 Å². The van der Waals surface area contributed by atoms with Crippen molar-refractivity contribution in [1.82, 2.24) is 15.0 Å². The van der Waals surface area contributed by atoms with Crippen LogP contribution in [0.4, 0.5) is 11.5 Å². The van der Waals surface area contributed by atoms with Crippen LogP contribution in [-0.4, -0.2) is 20.1 Å². The highest BCUT2D eigenvalue weighted by Gasteiger charge is 2.10. The number of aromatic hydroxyl groups is 1. The minimum absolute atomic E-state index is 0.177. The molecule has 0 aliphatic carbocycles. The van der Waals surface area contributed by atoms with E-state index in [4.69, 9.17) is 0 Å². The van der Waals surface area contributed by atoms with Gasteiger partial charge in [0.25, 0.3) is 0 Å². The molecule has 0 saturated carbocycles. The second-order valence-electron chi connectivity index (χ2n) is 5.33. The number of pyridine rings is 1. The van der Waals surface area contributed by atoms with Gasteiger partial charge in [-0.05, 0) is 42.5 Å². The highest BCUT2D eigenvalue weighted by atomic mass is 16.3. The van der Waals surface area contributed by atoms with Gasteiger partial charge < -0.3 is 10.4 Å². The van der Waals surface area contributed by atoms with E-state index >= 15 is 0 Å². The van der Waals surface area contributed by atoms with Crippen molar-refractivity contribution in [3.05, 3.63) is 73.1 Å². The van der Waals surface area contributed by atoms with Crippen molar-refractivity contribution in [1.29, 1.82) is 0 Å². The number of benzene rings is 2. The van der Waals surface area contributed by atoms with Gasteiger partial charge in [-0.2, -0.15) is 0 Å². The number of hydrogen-bond donors (Lipinski definition) is 2. The first-order chi connectivity index (χ1) is 11.8. The first-order valence-electron chi connectivity index (χ1n) is 7.53. The van der Waals surface area contributed by atoms with Crippen LogP contribution in [0.15, 0.2) is 73.1 Å². The van der Waals surface area contributed by atoms with Gasteiger partial charge >= 0.3 is 0 Å². The van der Waals surface area contributed by atoms with Crippen LogP contribution < -0.4 is 5.32 Å². The number of hydrogen-bond acceptors (Lipinski definition) is 5. The summed E-state index contributed by atoms with van der Waals surface area (Å²) in [6.45, 7) is 0. The Hall–Kier alpha value is -3.47. The van der Waals surface area contributed by atoms with Gasteiger partial charge in [-0.15, -0.1) is 0 Å².